The van der Waals surface area contributed by atoms with Crippen LogP contribution in [0.1, 0.15) is 73.1 Å². The average Bonchev–Trinajstić information content (AvgIpc) is 3.60. The third-order valence-electron chi connectivity index (χ3n) is 10.1. The first-order valence-electron chi connectivity index (χ1n) is 18.2. The van der Waals surface area contributed by atoms with E-state index in [9.17, 15) is 19.5 Å². The van der Waals surface area contributed by atoms with Crippen molar-refractivity contribution in [3.63, 3.8) is 0 Å². The first kappa shape index (κ1) is 37.1. The molecule has 1 aromatic carbocycles. The van der Waals surface area contributed by atoms with Crippen LogP contribution in [0.4, 0.5) is 4.79 Å². The van der Waals surface area contributed by atoms with Crippen LogP contribution in [-0.2, 0) is 24.1 Å². The van der Waals surface area contributed by atoms with Crippen LogP contribution in [0.5, 0.6) is 0 Å². The van der Waals surface area contributed by atoms with Gasteiger partial charge >= 0.3 is 6.03 Å². The summed E-state index contributed by atoms with van der Waals surface area (Å²) in [6.45, 7) is 2.60. The molecule has 5 N–H and O–H groups in total. The fourth-order valence-corrected chi connectivity index (χ4v) is 7.02. The van der Waals surface area contributed by atoms with Gasteiger partial charge in [0.15, 0.2) is 0 Å². The number of likely N-dealkylation sites (N-methyl/N-ethyl adjacent to an activating group) is 1. The average molecular weight is 687 g/mol. The minimum atomic E-state index is -0.965. The number of pyridine rings is 1. The highest BCUT2D eigenvalue weighted by Gasteiger charge is 2.31. The van der Waals surface area contributed by atoms with Crippen LogP contribution in [-0.4, -0.2) is 105 Å². The van der Waals surface area contributed by atoms with Crippen LogP contribution >= 0.6 is 0 Å². The SMILES string of the molecule is CN1CCN(C(=O)N[C@@H](Cc2cn(C(=O)[C@@H](N)Cc3ccccc3)cn2)C(=O)N[C@@H](CC2CCCCC2)[C@@H](O)CCCc2ccccn2)CC1. The number of benzene rings is 1. The molecule has 2 aliphatic rings. The molecule has 2 aromatic heterocycles. The molecule has 12 heteroatoms. The molecule has 3 amide bonds. The van der Waals surface area contributed by atoms with E-state index in [1.807, 2.05) is 55.6 Å². The van der Waals surface area contributed by atoms with Gasteiger partial charge in [-0.25, -0.2) is 9.78 Å². The highest BCUT2D eigenvalue weighted by atomic mass is 16.3. The number of aromatic nitrogens is 3. The number of aliphatic hydroxyl groups is 1. The van der Waals surface area contributed by atoms with Crippen LogP contribution in [0, 0.1) is 5.92 Å². The summed E-state index contributed by atoms with van der Waals surface area (Å²) in [6, 6.07) is 12.9. The number of carbonyl (C=O) groups excluding carboxylic acids is 3. The van der Waals surface area contributed by atoms with Crippen LogP contribution < -0.4 is 16.4 Å². The number of urea groups is 1. The van der Waals surface area contributed by atoms with Crippen LogP contribution in [0.3, 0.4) is 0 Å². The third-order valence-corrected chi connectivity index (χ3v) is 10.1. The van der Waals surface area contributed by atoms with Crippen molar-refractivity contribution in [2.75, 3.05) is 33.2 Å². The smallest absolute Gasteiger partial charge is 0.318 e. The molecule has 1 saturated heterocycles. The second-order valence-corrected chi connectivity index (χ2v) is 14.0. The molecule has 3 heterocycles. The molecule has 0 unspecified atom stereocenters. The van der Waals surface area contributed by atoms with Crippen LogP contribution in [0.25, 0.3) is 0 Å². The number of piperazine rings is 1. The van der Waals surface area contributed by atoms with Crippen molar-refractivity contribution in [3.8, 4) is 0 Å². The van der Waals surface area contributed by atoms with Gasteiger partial charge < -0.3 is 31.3 Å². The molecule has 0 bridgehead atoms. The van der Waals surface area contributed by atoms with Crippen molar-refractivity contribution < 1.29 is 19.5 Å². The molecular weight excluding hydrogens is 632 g/mol. The second kappa shape index (κ2) is 18.7. The first-order valence-corrected chi connectivity index (χ1v) is 18.2. The van der Waals surface area contributed by atoms with E-state index in [0.717, 1.165) is 62.9 Å². The third kappa shape index (κ3) is 11.2. The van der Waals surface area contributed by atoms with E-state index in [1.165, 1.54) is 17.3 Å². The lowest BCUT2D eigenvalue weighted by Gasteiger charge is -2.34. The summed E-state index contributed by atoms with van der Waals surface area (Å²) in [6.07, 6.45) is 12.8. The molecule has 1 saturated carbocycles. The minimum absolute atomic E-state index is 0.0748. The summed E-state index contributed by atoms with van der Waals surface area (Å²) >= 11 is 0. The number of nitrogens with zero attached hydrogens (tertiary/aromatic N) is 5. The van der Waals surface area contributed by atoms with Gasteiger partial charge in [0.1, 0.15) is 12.4 Å². The lowest BCUT2D eigenvalue weighted by Crippen LogP contribution is -2.58. The second-order valence-electron chi connectivity index (χ2n) is 14.0. The van der Waals surface area contributed by atoms with Gasteiger partial charge in [-0.3, -0.25) is 19.1 Å². The highest BCUT2D eigenvalue weighted by molar-refractivity contribution is 5.88. The Bertz CT molecular complexity index is 1490. The Morgan fingerprint density at radius 3 is 2.38 bits per heavy atom. The van der Waals surface area contributed by atoms with Gasteiger partial charge in [-0.15, -0.1) is 0 Å². The van der Waals surface area contributed by atoms with Crippen molar-refractivity contribution >= 4 is 17.8 Å². The van der Waals surface area contributed by atoms with E-state index in [2.05, 4.69) is 25.5 Å². The molecule has 0 radical (unpaired) electrons. The molecule has 50 heavy (non-hydrogen) atoms. The number of rotatable bonds is 15. The van der Waals surface area contributed by atoms with Gasteiger partial charge in [0.05, 0.1) is 23.9 Å². The van der Waals surface area contributed by atoms with Gasteiger partial charge in [-0.2, -0.15) is 0 Å². The molecule has 1 aliphatic heterocycles. The molecule has 270 valence electrons. The number of hydrogen-bond donors (Lipinski definition) is 4. The summed E-state index contributed by atoms with van der Waals surface area (Å²) in [5.74, 6) is -0.269. The van der Waals surface area contributed by atoms with Gasteiger partial charge in [0.25, 0.3) is 0 Å². The molecule has 1 aliphatic carbocycles. The zero-order valence-electron chi connectivity index (χ0n) is 29.3. The summed E-state index contributed by atoms with van der Waals surface area (Å²) in [4.78, 5) is 53.5. The van der Waals surface area contributed by atoms with Gasteiger partial charge in [-0.1, -0.05) is 68.5 Å². The Kier molecular flexibility index (Phi) is 13.9. The monoisotopic (exact) mass is 686 g/mol. The van der Waals surface area contributed by atoms with Crippen molar-refractivity contribution in [3.05, 3.63) is 84.2 Å². The normalized spacial score (nSPS) is 18.2. The summed E-state index contributed by atoms with van der Waals surface area (Å²) in [7, 11) is 2.02. The lowest BCUT2D eigenvalue weighted by atomic mass is 9.83. The van der Waals surface area contributed by atoms with Crippen molar-refractivity contribution in [2.24, 2.45) is 11.7 Å². The van der Waals surface area contributed by atoms with E-state index < -0.39 is 24.2 Å². The van der Waals surface area contributed by atoms with E-state index in [4.69, 9.17) is 5.73 Å². The molecule has 4 atom stereocenters. The Morgan fingerprint density at radius 1 is 0.920 bits per heavy atom. The van der Waals surface area contributed by atoms with Crippen LogP contribution in [0.2, 0.25) is 0 Å². The Labute approximate surface area is 295 Å². The van der Waals surface area contributed by atoms with Crippen molar-refractivity contribution in [1.29, 1.82) is 0 Å². The lowest BCUT2D eigenvalue weighted by molar-refractivity contribution is -0.124. The maximum absolute atomic E-state index is 14.1. The number of nitrogens with one attached hydrogen (secondary N) is 2. The van der Waals surface area contributed by atoms with Gasteiger partial charge in [0, 0.05) is 50.7 Å². The summed E-state index contributed by atoms with van der Waals surface area (Å²) < 4.78 is 1.36. The number of aliphatic hydroxyl groups excluding tert-OH is 1. The fourth-order valence-electron chi connectivity index (χ4n) is 7.02. The zero-order valence-corrected chi connectivity index (χ0v) is 29.3. The topological polar surface area (TPSA) is 159 Å². The number of nitrogens with two attached hydrogens (primary N) is 1. The molecule has 12 nitrogen and oxygen atoms in total. The largest absolute Gasteiger partial charge is 0.391 e. The van der Waals surface area contributed by atoms with E-state index in [0.29, 0.717) is 44.0 Å². The van der Waals surface area contributed by atoms with Gasteiger partial charge in [0.2, 0.25) is 11.8 Å². The quantitative estimate of drug-likeness (QED) is 0.190. The Balaban J connectivity index is 1.28. The van der Waals surface area contributed by atoms with Crippen molar-refractivity contribution in [2.45, 2.75) is 94.9 Å². The highest BCUT2D eigenvalue weighted by Crippen LogP contribution is 2.29. The molecular formula is C38H54N8O4. The summed E-state index contributed by atoms with van der Waals surface area (Å²) in [5.41, 5.74) is 8.67. The number of imidazole rings is 1. The predicted octanol–water partition coefficient (Wildman–Crippen LogP) is 3.20. The maximum atomic E-state index is 14.1. The van der Waals surface area contributed by atoms with E-state index >= 15 is 0 Å². The number of hydrogen-bond acceptors (Lipinski definition) is 8. The van der Waals surface area contributed by atoms with E-state index in [-0.39, 0.29) is 24.3 Å². The molecule has 3 aromatic rings. The van der Waals surface area contributed by atoms with Gasteiger partial charge in [-0.05, 0) is 62.8 Å². The molecule has 2 fully saturated rings. The zero-order chi connectivity index (χ0) is 35.3. The maximum Gasteiger partial charge on any atom is 0.318 e. The Hall–Kier alpha value is -4.13. The first-order chi connectivity index (χ1) is 24.2. The molecule has 5 rings (SSSR count). The fraction of sp³-hybridized carbons (Fsp3) is 0.553. The van der Waals surface area contributed by atoms with E-state index in [1.54, 1.807) is 17.3 Å². The predicted molar refractivity (Wildman–Crippen MR) is 192 cm³/mol. The number of amides is 3. The number of aryl methyl sites for hydroxylation is 1. The minimum Gasteiger partial charge on any atom is -0.391 e. The summed E-state index contributed by atoms with van der Waals surface area (Å²) in [5, 5.41) is 17.6. The Morgan fingerprint density at radius 2 is 1.66 bits per heavy atom. The number of carbonyl (C=O) groups is 3. The van der Waals surface area contributed by atoms with Crippen molar-refractivity contribution in [1.82, 2.24) is 35.0 Å². The standard InChI is InChI=1S/C38H54N8O4/c1-44-19-21-45(22-20-44)38(50)43-34(25-31-26-46(27-41-31)37(49)32(39)23-28-11-4-2-5-12-28)36(48)42-33(24-29-13-6-3-7-14-29)35(47)17-10-16-30-15-8-9-18-40-30/h2,4-5,8-9,11-12,15,18,26-27,29,32-35,47H,3,6-7,10,13-14,16-17,19-25,39H2,1H3,(H,42,48)(H,43,50)/t32-,33-,34-,35-/m0/s1. The molecule has 0 spiro atoms. The van der Waals surface area contributed by atoms with Crippen LogP contribution in [0.15, 0.2) is 67.3 Å².